The minimum atomic E-state index is -0.451. The number of hydrogen-bond acceptors (Lipinski definition) is 5. The molecule has 0 radical (unpaired) electrons. The van der Waals surface area contributed by atoms with Gasteiger partial charge >= 0.3 is 11.9 Å². The first-order chi connectivity index (χ1) is 18.1. The van der Waals surface area contributed by atoms with Crippen LogP contribution in [-0.2, 0) is 9.47 Å². The number of benzene rings is 3. The maximum absolute atomic E-state index is 12.4. The van der Waals surface area contributed by atoms with Crippen LogP contribution in [0.5, 0.6) is 0 Å². The van der Waals surface area contributed by atoms with E-state index in [2.05, 4.69) is 43.4 Å². The van der Waals surface area contributed by atoms with Crippen molar-refractivity contribution in [2.75, 3.05) is 13.7 Å². The summed E-state index contributed by atoms with van der Waals surface area (Å²) in [7, 11) is 1.31. The Morgan fingerprint density at radius 2 is 1.21 bits per heavy atom. The molecule has 0 bridgehead atoms. The molecular formula is C33H34O5. The molecule has 0 saturated carbocycles. The number of carbonyl (C=O) groups is 3. The summed E-state index contributed by atoms with van der Waals surface area (Å²) in [4.78, 5) is 35.7. The molecule has 5 heteroatoms. The van der Waals surface area contributed by atoms with Gasteiger partial charge in [0.15, 0.2) is 5.78 Å². The highest BCUT2D eigenvalue weighted by atomic mass is 16.5. The van der Waals surface area contributed by atoms with E-state index in [4.69, 9.17) is 4.74 Å². The molecule has 0 spiro atoms. The van der Waals surface area contributed by atoms with E-state index < -0.39 is 11.9 Å². The molecule has 0 atom stereocenters. The Kier molecular flexibility index (Phi) is 9.59. The minimum Gasteiger partial charge on any atom is -0.465 e. The first-order valence-corrected chi connectivity index (χ1v) is 12.6. The number of carbonyl (C=O) groups excluding carboxylic acids is 3. The fraction of sp³-hybridized carbons (Fsp3) is 0.273. The molecule has 5 nitrogen and oxygen atoms in total. The number of allylic oxidation sites excluding steroid dienone is 1. The first-order valence-electron chi connectivity index (χ1n) is 12.6. The van der Waals surface area contributed by atoms with Gasteiger partial charge in [0, 0.05) is 11.1 Å². The van der Waals surface area contributed by atoms with E-state index in [1.54, 1.807) is 31.2 Å². The zero-order valence-electron chi connectivity index (χ0n) is 22.7. The van der Waals surface area contributed by atoms with Crippen LogP contribution in [-0.4, -0.2) is 31.4 Å². The van der Waals surface area contributed by atoms with Gasteiger partial charge in [0.2, 0.25) is 0 Å². The van der Waals surface area contributed by atoms with Gasteiger partial charge in [-0.25, -0.2) is 9.59 Å². The van der Waals surface area contributed by atoms with Crippen molar-refractivity contribution in [1.82, 2.24) is 0 Å². The third-order valence-electron chi connectivity index (χ3n) is 6.28. The van der Waals surface area contributed by atoms with Crippen molar-refractivity contribution in [3.63, 3.8) is 0 Å². The quantitative estimate of drug-likeness (QED) is 0.162. The SMILES string of the molecule is COC(=O)c1ccc(C(=O)OCCC(C)(C)CC(C)=C=C(c2ccccc2)c2ccc(C(C)=O)cc2)cc1. The predicted octanol–water partition coefficient (Wildman–Crippen LogP) is 7.32. The fourth-order valence-corrected chi connectivity index (χ4v) is 4.21. The summed E-state index contributed by atoms with van der Waals surface area (Å²) < 4.78 is 10.2. The normalized spacial score (nSPS) is 10.8. The van der Waals surface area contributed by atoms with Gasteiger partial charge in [-0.2, -0.15) is 0 Å². The summed E-state index contributed by atoms with van der Waals surface area (Å²) >= 11 is 0. The van der Waals surface area contributed by atoms with Gasteiger partial charge in [0.1, 0.15) is 0 Å². The van der Waals surface area contributed by atoms with Gasteiger partial charge in [-0.15, -0.1) is 5.73 Å². The van der Waals surface area contributed by atoms with E-state index >= 15 is 0 Å². The van der Waals surface area contributed by atoms with Crippen molar-refractivity contribution in [3.05, 3.63) is 118 Å². The smallest absolute Gasteiger partial charge is 0.338 e. The second-order valence-corrected chi connectivity index (χ2v) is 10.1. The summed E-state index contributed by atoms with van der Waals surface area (Å²) in [5.74, 6) is -0.841. The molecule has 0 unspecified atom stereocenters. The molecule has 3 aromatic rings. The molecule has 0 amide bonds. The summed E-state index contributed by atoms with van der Waals surface area (Å²) in [5.41, 5.74) is 9.00. The van der Waals surface area contributed by atoms with Crippen LogP contribution in [0.25, 0.3) is 5.57 Å². The second-order valence-electron chi connectivity index (χ2n) is 10.1. The molecule has 3 aromatic carbocycles. The fourth-order valence-electron chi connectivity index (χ4n) is 4.21. The van der Waals surface area contributed by atoms with Crippen LogP contribution in [0.4, 0.5) is 0 Å². The van der Waals surface area contributed by atoms with Crippen LogP contribution in [0.1, 0.15) is 82.7 Å². The zero-order valence-corrected chi connectivity index (χ0v) is 22.7. The zero-order chi connectivity index (χ0) is 27.7. The lowest BCUT2D eigenvalue weighted by Crippen LogP contribution is -2.17. The minimum absolute atomic E-state index is 0.0363. The van der Waals surface area contributed by atoms with Gasteiger partial charge in [-0.3, -0.25) is 4.79 Å². The van der Waals surface area contributed by atoms with Gasteiger partial charge in [-0.05, 0) is 73.1 Å². The van der Waals surface area contributed by atoms with E-state index in [1.807, 2.05) is 42.5 Å². The summed E-state index contributed by atoms with van der Waals surface area (Å²) in [6.45, 7) is 8.18. The van der Waals surface area contributed by atoms with Gasteiger partial charge in [0.25, 0.3) is 0 Å². The van der Waals surface area contributed by atoms with Crippen molar-refractivity contribution in [3.8, 4) is 0 Å². The molecule has 0 aromatic heterocycles. The number of methoxy groups -OCH3 is 1. The average molecular weight is 511 g/mol. The topological polar surface area (TPSA) is 69.7 Å². The highest BCUT2D eigenvalue weighted by Gasteiger charge is 2.20. The monoisotopic (exact) mass is 510 g/mol. The highest BCUT2D eigenvalue weighted by molar-refractivity contribution is 5.95. The molecule has 0 aliphatic heterocycles. The number of rotatable bonds is 10. The molecule has 0 N–H and O–H groups in total. The summed E-state index contributed by atoms with van der Waals surface area (Å²) in [6, 6.07) is 23.9. The lowest BCUT2D eigenvalue weighted by Gasteiger charge is -2.24. The van der Waals surface area contributed by atoms with Crippen LogP contribution in [0.15, 0.2) is 90.2 Å². The number of Topliss-reactive ketones (excluding diaryl/α,β-unsaturated/α-hetero) is 1. The van der Waals surface area contributed by atoms with E-state index in [9.17, 15) is 14.4 Å². The maximum atomic E-state index is 12.4. The maximum Gasteiger partial charge on any atom is 0.338 e. The number of hydrogen-bond donors (Lipinski definition) is 0. The number of esters is 2. The van der Waals surface area contributed by atoms with Gasteiger partial charge in [0.05, 0.1) is 24.8 Å². The number of ether oxygens (including phenoxy) is 2. The molecule has 38 heavy (non-hydrogen) atoms. The molecule has 0 aliphatic rings. The standard InChI is InChI=1S/C33H34O5/c1-23(21-30(26-9-7-6-8-10-26)27-13-11-25(12-14-27)24(2)34)22-33(3,4)19-20-38-32(36)29-17-15-28(16-18-29)31(35)37-5/h6-18H,19-20,22H2,1-5H3. The molecule has 0 aliphatic carbocycles. The summed E-state index contributed by atoms with van der Waals surface area (Å²) in [5, 5.41) is 0. The van der Waals surface area contributed by atoms with Crippen LogP contribution >= 0.6 is 0 Å². The molecule has 0 heterocycles. The molecule has 0 fully saturated rings. The van der Waals surface area contributed by atoms with E-state index in [0.29, 0.717) is 23.1 Å². The molecule has 196 valence electrons. The van der Waals surface area contributed by atoms with E-state index in [1.165, 1.54) is 7.11 Å². The summed E-state index contributed by atoms with van der Waals surface area (Å²) in [6.07, 6.45) is 1.44. The third-order valence-corrected chi connectivity index (χ3v) is 6.28. The second kappa shape index (κ2) is 12.8. The van der Waals surface area contributed by atoms with Crippen LogP contribution < -0.4 is 0 Å². The van der Waals surface area contributed by atoms with Gasteiger partial charge in [-0.1, -0.05) is 68.4 Å². The Bertz CT molecular complexity index is 1340. The molecule has 3 rings (SSSR count). The molecule has 0 saturated heterocycles. The van der Waals surface area contributed by atoms with Crippen molar-refractivity contribution in [2.45, 2.75) is 40.5 Å². The highest BCUT2D eigenvalue weighted by Crippen LogP contribution is 2.30. The number of ketones is 1. The van der Waals surface area contributed by atoms with Crippen molar-refractivity contribution in [1.29, 1.82) is 0 Å². The van der Waals surface area contributed by atoms with Crippen LogP contribution in [0.2, 0.25) is 0 Å². The Hall–Kier alpha value is -4.21. The van der Waals surface area contributed by atoms with E-state index in [0.717, 1.165) is 28.7 Å². The lowest BCUT2D eigenvalue weighted by atomic mass is 9.83. The average Bonchev–Trinajstić information content (AvgIpc) is 2.91. The van der Waals surface area contributed by atoms with Crippen molar-refractivity contribution in [2.24, 2.45) is 5.41 Å². The van der Waals surface area contributed by atoms with Crippen molar-refractivity contribution >= 4 is 23.3 Å². The first kappa shape index (κ1) is 28.4. The lowest BCUT2D eigenvalue weighted by molar-refractivity contribution is 0.0456. The molecular weight excluding hydrogens is 476 g/mol. The van der Waals surface area contributed by atoms with E-state index in [-0.39, 0.29) is 17.8 Å². The van der Waals surface area contributed by atoms with Gasteiger partial charge < -0.3 is 9.47 Å². The Morgan fingerprint density at radius 1 is 0.711 bits per heavy atom. The predicted molar refractivity (Wildman–Crippen MR) is 149 cm³/mol. The Morgan fingerprint density at radius 3 is 1.76 bits per heavy atom. The van der Waals surface area contributed by atoms with Crippen LogP contribution in [0, 0.1) is 5.41 Å². The Balaban J connectivity index is 1.71. The third kappa shape index (κ3) is 7.89. The van der Waals surface area contributed by atoms with Crippen molar-refractivity contribution < 1.29 is 23.9 Å². The van der Waals surface area contributed by atoms with Crippen LogP contribution in [0.3, 0.4) is 0 Å². The Labute approximate surface area is 224 Å². The largest absolute Gasteiger partial charge is 0.465 e.